The molecule has 0 aromatic heterocycles. The van der Waals surface area contributed by atoms with Crippen LogP contribution in [0.4, 0.5) is 0 Å². The summed E-state index contributed by atoms with van der Waals surface area (Å²) in [6, 6.07) is -0.602. The van der Waals surface area contributed by atoms with Crippen LogP contribution >= 0.6 is 0 Å². The minimum atomic E-state index is -0.602. The fraction of sp³-hybridized carbons (Fsp3) is 0.400. The first-order valence-electron chi connectivity index (χ1n) is 4.38. The zero-order valence-corrected chi connectivity index (χ0v) is 8.19. The van der Waals surface area contributed by atoms with Gasteiger partial charge in [0.05, 0.1) is 13.0 Å². The van der Waals surface area contributed by atoms with Gasteiger partial charge in [0, 0.05) is 0 Å². The molecule has 0 aromatic carbocycles. The maximum absolute atomic E-state index is 11.5. The maximum atomic E-state index is 11.5. The van der Waals surface area contributed by atoms with Gasteiger partial charge < -0.3 is 10.1 Å². The summed E-state index contributed by atoms with van der Waals surface area (Å²) in [5.74, 6) is -0.890. The summed E-state index contributed by atoms with van der Waals surface area (Å²) in [5.41, 5.74) is 0. The first-order valence-corrected chi connectivity index (χ1v) is 4.38. The summed E-state index contributed by atoms with van der Waals surface area (Å²) >= 11 is 0. The van der Waals surface area contributed by atoms with Crippen LogP contribution in [0.2, 0.25) is 0 Å². The summed E-state index contributed by atoms with van der Waals surface area (Å²) in [6.45, 7) is 1.59. The monoisotopic (exact) mass is 195 g/mol. The fourth-order valence-corrected chi connectivity index (χ4v) is 1.15. The van der Waals surface area contributed by atoms with Crippen LogP contribution in [-0.2, 0) is 14.3 Å². The van der Waals surface area contributed by atoms with Crippen LogP contribution < -0.4 is 5.32 Å². The lowest BCUT2D eigenvalue weighted by Gasteiger charge is -2.13. The van der Waals surface area contributed by atoms with Gasteiger partial charge in [-0.2, -0.15) is 0 Å². The van der Waals surface area contributed by atoms with Crippen molar-refractivity contribution in [2.24, 2.45) is 5.92 Å². The topological polar surface area (TPSA) is 55.4 Å². The van der Waals surface area contributed by atoms with E-state index >= 15 is 0 Å². The molecule has 0 aromatic rings. The van der Waals surface area contributed by atoms with E-state index < -0.39 is 12.0 Å². The number of ether oxygens (including phenoxy) is 1. The molecule has 1 atom stereocenters. The third-order valence-corrected chi connectivity index (χ3v) is 1.96. The van der Waals surface area contributed by atoms with E-state index in [1.165, 1.54) is 7.11 Å². The molecule has 76 valence electrons. The van der Waals surface area contributed by atoms with Crippen molar-refractivity contribution in [3.8, 4) is 0 Å². The molecule has 1 N–H and O–H groups in total. The van der Waals surface area contributed by atoms with E-state index in [-0.39, 0.29) is 11.8 Å². The van der Waals surface area contributed by atoms with E-state index in [9.17, 15) is 9.59 Å². The van der Waals surface area contributed by atoms with Crippen molar-refractivity contribution in [1.82, 2.24) is 5.32 Å². The number of esters is 1. The van der Waals surface area contributed by atoms with Gasteiger partial charge in [0.15, 0.2) is 0 Å². The highest BCUT2D eigenvalue weighted by molar-refractivity contribution is 5.87. The van der Waals surface area contributed by atoms with Crippen LogP contribution in [0, 0.1) is 5.92 Å². The van der Waals surface area contributed by atoms with E-state index in [2.05, 4.69) is 10.1 Å². The van der Waals surface area contributed by atoms with Crippen LogP contribution in [0.1, 0.15) is 6.92 Å². The molecule has 0 radical (unpaired) electrons. The van der Waals surface area contributed by atoms with Gasteiger partial charge in [-0.1, -0.05) is 24.3 Å². The Bertz CT molecular complexity index is 282. The number of allylic oxidation sites excluding steroid dienone is 2. The molecular weight excluding hydrogens is 182 g/mol. The molecule has 1 amide bonds. The molecule has 0 aliphatic heterocycles. The Kier molecular flexibility index (Phi) is 3.45. The number of hydrogen-bond acceptors (Lipinski definition) is 3. The average molecular weight is 195 g/mol. The van der Waals surface area contributed by atoms with E-state index in [1.54, 1.807) is 31.2 Å². The van der Waals surface area contributed by atoms with Gasteiger partial charge in [0.2, 0.25) is 5.91 Å². The molecule has 0 bridgehead atoms. The molecule has 0 heterocycles. The first-order chi connectivity index (χ1) is 6.65. The molecule has 0 fully saturated rings. The van der Waals surface area contributed by atoms with E-state index in [1.807, 2.05) is 0 Å². The summed E-state index contributed by atoms with van der Waals surface area (Å²) in [6.07, 6.45) is 7.12. The average Bonchev–Trinajstić information content (AvgIpc) is 2.69. The van der Waals surface area contributed by atoms with Crippen molar-refractivity contribution in [2.45, 2.75) is 13.0 Å². The predicted molar refractivity (Wildman–Crippen MR) is 51.4 cm³/mol. The molecule has 0 unspecified atom stereocenters. The second-order valence-electron chi connectivity index (χ2n) is 3.05. The zero-order valence-electron chi connectivity index (χ0n) is 8.19. The first kappa shape index (κ1) is 10.5. The molecule has 0 saturated carbocycles. The molecule has 4 heteroatoms. The summed E-state index contributed by atoms with van der Waals surface area (Å²) < 4.78 is 4.49. The summed E-state index contributed by atoms with van der Waals surface area (Å²) in [5, 5.41) is 2.56. The Hall–Kier alpha value is -1.58. The highest BCUT2D eigenvalue weighted by Crippen LogP contribution is 2.08. The van der Waals surface area contributed by atoms with Crippen molar-refractivity contribution in [3.63, 3.8) is 0 Å². The second kappa shape index (κ2) is 4.60. The van der Waals surface area contributed by atoms with E-state index in [0.29, 0.717) is 0 Å². The van der Waals surface area contributed by atoms with Crippen molar-refractivity contribution in [3.05, 3.63) is 24.3 Å². The largest absolute Gasteiger partial charge is 0.467 e. The smallest absolute Gasteiger partial charge is 0.328 e. The third kappa shape index (κ3) is 2.45. The summed E-state index contributed by atoms with van der Waals surface area (Å²) in [4.78, 5) is 22.4. The molecule has 1 aliphatic carbocycles. The number of rotatable bonds is 3. The predicted octanol–water partition coefficient (Wildman–Crippen LogP) is 0.406. The SMILES string of the molecule is COC(=O)[C@H](C)NC(=O)C1C=CC=C1. The highest BCUT2D eigenvalue weighted by atomic mass is 16.5. The zero-order chi connectivity index (χ0) is 10.6. The molecule has 4 nitrogen and oxygen atoms in total. The van der Waals surface area contributed by atoms with Gasteiger partial charge in [-0.25, -0.2) is 4.79 Å². The molecule has 0 saturated heterocycles. The Labute approximate surface area is 82.6 Å². The fourth-order valence-electron chi connectivity index (χ4n) is 1.15. The van der Waals surface area contributed by atoms with Crippen LogP contribution in [0.25, 0.3) is 0 Å². The number of methoxy groups -OCH3 is 1. The van der Waals surface area contributed by atoms with Crippen molar-refractivity contribution >= 4 is 11.9 Å². The normalized spacial score (nSPS) is 16.7. The number of hydrogen-bond donors (Lipinski definition) is 1. The van der Waals surface area contributed by atoms with Gasteiger partial charge >= 0.3 is 5.97 Å². The molecule has 1 aliphatic rings. The number of carbonyl (C=O) groups excluding carboxylic acids is 2. The second-order valence-corrected chi connectivity index (χ2v) is 3.05. The lowest BCUT2D eigenvalue weighted by atomic mass is 10.1. The van der Waals surface area contributed by atoms with Crippen molar-refractivity contribution in [2.75, 3.05) is 7.11 Å². The summed E-state index contributed by atoms with van der Waals surface area (Å²) in [7, 11) is 1.29. The van der Waals surface area contributed by atoms with Crippen LogP contribution in [0.15, 0.2) is 24.3 Å². The highest BCUT2D eigenvalue weighted by Gasteiger charge is 2.20. The Morgan fingerprint density at radius 1 is 1.36 bits per heavy atom. The van der Waals surface area contributed by atoms with Crippen molar-refractivity contribution < 1.29 is 14.3 Å². The Balaban J connectivity index is 2.44. The van der Waals surface area contributed by atoms with Gasteiger partial charge in [0.25, 0.3) is 0 Å². The minimum Gasteiger partial charge on any atom is -0.467 e. The standard InChI is InChI=1S/C10H13NO3/c1-7(10(13)14-2)11-9(12)8-5-3-4-6-8/h3-8H,1-2H3,(H,11,12)/t7-/m0/s1. The molecule has 1 rings (SSSR count). The van der Waals surface area contributed by atoms with Crippen LogP contribution in [0.3, 0.4) is 0 Å². The van der Waals surface area contributed by atoms with Gasteiger partial charge in [-0.3, -0.25) is 4.79 Å². The van der Waals surface area contributed by atoms with E-state index in [0.717, 1.165) is 0 Å². The lowest BCUT2D eigenvalue weighted by Crippen LogP contribution is -2.41. The lowest BCUT2D eigenvalue weighted by molar-refractivity contribution is -0.144. The molecular formula is C10H13NO3. The Morgan fingerprint density at radius 3 is 2.43 bits per heavy atom. The van der Waals surface area contributed by atoms with Gasteiger partial charge in [-0.05, 0) is 6.92 Å². The van der Waals surface area contributed by atoms with Crippen LogP contribution in [-0.4, -0.2) is 25.0 Å². The van der Waals surface area contributed by atoms with Gasteiger partial charge in [-0.15, -0.1) is 0 Å². The van der Waals surface area contributed by atoms with Gasteiger partial charge in [0.1, 0.15) is 6.04 Å². The van der Waals surface area contributed by atoms with Crippen molar-refractivity contribution in [1.29, 1.82) is 0 Å². The van der Waals surface area contributed by atoms with E-state index in [4.69, 9.17) is 0 Å². The minimum absolute atomic E-state index is 0.187. The number of nitrogens with one attached hydrogen (secondary N) is 1. The Morgan fingerprint density at radius 2 is 1.93 bits per heavy atom. The maximum Gasteiger partial charge on any atom is 0.328 e. The third-order valence-electron chi connectivity index (χ3n) is 1.96. The number of carbonyl (C=O) groups is 2. The quantitative estimate of drug-likeness (QED) is 0.663. The number of amides is 1. The molecule has 0 spiro atoms. The van der Waals surface area contributed by atoms with Crippen LogP contribution in [0.5, 0.6) is 0 Å². The molecule has 14 heavy (non-hydrogen) atoms.